The van der Waals surface area contributed by atoms with Gasteiger partial charge in [0.05, 0.1) is 0 Å². The Morgan fingerprint density at radius 1 is 1.25 bits per heavy atom. The van der Waals surface area contributed by atoms with Crippen molar-refractivity contribution < 1.29 is 4.21 Å². The molecule has 0 amide bonds. The van der Waals surface area contributed by atoms with Gasteiger partial charge < -0.3 is 15.5 Å². The van der Waals surface area contributed by atoms with Crippen molar-refractivity contribution in [3.63, 3.8) is 0 Å². The van der Waals surface area contributed by atoms with Gasteiger partial charge in [0, 0.05) is 47.5 Å². The highest BCUT2D eigenvalue weighted by molar-refractivity contribution is 7.85. The minimum atomic E-state index is -0.669. The van der Waals surface area contributed by atoms with Crippen molar-refractivity contribution in [2.75, 3.05) is 38.5 Å². The SMILES string of the molecule is CCNC(=NCC1CCN(CC)C1)NC1CCCC(S(=O)CC)C1. The topological polar surface area (TPSA) is 56.7 Å². The smallest absolute Gasteiger partial charge is 0.191 e. The summed E-state index contributed by atoms with van der Waals surface area (Å²) >= 11 is 0. The number of hydrogen-bond donors (Lipinski definition) is 2. The lowest BCUT2D eigenvalue weighted by molar-refractivity contribution is 0.343. The van der Waals surface area contributed by atoms with Gasteiger partial charge in [-0.2, -0.15) is 0 Å². The van der Waals surface area contributed by atoms with Gasteiger partial charge >= 0.3 is 0 Å². The lowest BCUT2D eigenvalue weighted by Crippen LogP contribution is -2.46. The van der Waals surface area contributed by atoms with Crippen LogP contribution in [-0.4, -0.2) is 64.8 Å². The largest absolute Gasteiger partial charge is 0.357 e. The third-order valence-corrected chi connectivity index (χ3v) is 7.03. The zero-order chi connectivity index (χ0) is 17.4. The highest BCUT2D eigenvalue weighted by Crippen LogP contribution is 2.23. The first kappa shape index (κ1) is 19.7. The summed E-state index contributed by atoms with van der Waals surface area (Å²) in [5.41, 5.74) is 0. The summed E-state index contributed by atoms with van der Waals surface area (Å²) < 4.78 is 12.1. The first-order chi connectivity index (χ1) is 11.7. The number of guanidine groups is 1. The van der Waals surface area contributed by atoms with E-state index < -0.39 is 10.8 Å². The van der Waals surface area contributed by atoms with Crippen LogP contribution < -0.4 is 10.6 Å². The van der Waals surface area contributed by atoms with Gasteiger partial charge in [-0.3, -0.25) is 9.20 Å². The molecule has 0 aromatic carbocycles. The Hall–Kier alpha value is -0.620. The molecule has 5 nitrogen and oxygen atoms in total. The number of aliphatic imine (C=N–C) groups is 1. The fourth-order valence-corrected chi connectivity index (χ4v) is 5.18. The Balaban J connectivity index is 1.85. The van der Waals surface area contributed by atoms with E-state index in [1.54, 1.807) is 0 Å². The molecule has 4 atom stereocenters. The normalized spacial score (nSPS) is 30.3. The molecule has 0 aromatic heterocycles. The molecule has 2 rings (SSSR count). The average Bonchev–Trinajstić information content (AvgIpc) is 3.07. The highest BCUT2D eigenvalue weighted by atomic mass is 32.2. The second-order valence-electron chi connectivity index (χ2n) is 7.07. The van der Waals surface area contributed by atoms with E-state index in [0.717, 1.165) is 50.6 Å². The van der Waals surface area contributed by atoms with Gasteiger partial charge in [-0.1, -0.05) is 20.3 Å². The number of nitrogens with one attached hydrogen (secondary N) is 2. The van der Waals surface area contributed by atoms with E-state index in [2.05, 4.69) is 29.4 Å². The molecular formula is C18H36N4OS. The van der Waals surface area contributed by atoms with Crippen LogP contribution in [-0.2, 0) is 10.8 Å². The molecule has 1 saturated carbocycles. The molecular weight excluding hydrogens is 320 g/mol. The zero-order valence-electron chi connectivity index (χ0n) is 15.7. The van der Waals surface area contributed by atoms with Gasteiger partial charge in [-0.25, -0.2) is 0 Å². The molecule has 0 radical (unpaired) electrons. The quantitative estimate of drug-likeness (QED) is 0.541. The van der Waals surface area contributed by atoms with Crippen molar-refractivity contribution in [1.29, 1.82) is 0 Å². The summed E-state index contributed by atoms with van der Waals surface area (Å²) in [5, 5.41) is 7.35. The number of rotatable bonds is 7. The number of likely N-dealkylation sites (tertiary alicyclic amines) is 1. The highest BCUT2D eigenvalue weighted by Gasteiger charge is 2.26. The van der Waals surface area contributed by atoms with Crippen LogP contribution in [0.2, 0.25) is 0 Å². The van der Waals surface area contributed by atoms with Gasteiger partial charge in [-0.05, 0) is 51.6 Å². The molecule has 6 heteroatoms. The van der Waals surface area contributed by atoms with Crippen molar-refractivity contribution in [2.24, 2.45) is 10.9 Å². The monoisotopic (exact) mass is 356 g/mol. The molecule has 1 saturated heterocycles. The van der Waals surface area contributed by atoms with Gasteiger partial charge in [0.15, 0.2) is 5.96 Å². The molecule has 140 valence electrons. The van der Waals surface area contributed by atoms with Crippen LogP contribution in [0.3, 0.4) is 0 Å². The Kier molecular flexibility index (Phi) is 8.53. The minimum absolute atomic E-state index is 0.358. The van der Waals surface area contributed by atoms with E-state index >= 15 is 0 Å². The first-order valence-corrected chi connectivity index (χ1v) is 11.2. The van der Waals surface area contributed by atoms with Crippen molar-refractivity contribution in [2.45, 2.75) is 64.2 Å². The molecule has 1 aliphatic carbocycles. The summed E-state index contributed by atoms with van der Waals surface area (Å²) in [6.07, 6.45) is 5.72. The van der Waals surface area contributed by atoms with E-state index in [1.807, 2.05) is 6.92 Å². The number of hydrogen-bond acceptors (Lipinski definition) is 3. The van der Waals surface area contributed by atoms with Crippen LogP contribution in [0.15, 0.2) is 4.99 Å². The molecule has 0 aromatic rings. The summed E-state index contributed by atoms with van der Waals surface area (Å²) in [4.78, 5) is 7.35. The third kappa shape index (κ3) is 6.03. The molecule has 1 heterocycles. The minimum Gasteiger partial charge on any atom is -0.357 e. The van der Waals surface area contributed by atoms with Gasteiger partial charge in [0.25, 0.3) is 0 Å². The van der Waals surface area contributed by atoms with Gasteiger partial charge in [0.2, 0.25) is 0 Å². The van der Waals surface area contributed by atoms with Crippen LogP contribution in [0.4, 0.5) is 0 Å². The van der Waals surface area contributed by atoms with Gasteiger partial charge in [-0.15, -0.1) is 0 Å². The standard InChI is InChI=1S/C18H36N4OS/c1-4-19-18(20-13-15-10-11-22(5-2)14-15)21-16-8-7-9-17(12-16)24(23)6-3/h15-17H,4-14H2,1-3H3,(H2,19,20,21). The van der Waals surface area contributed by atoms with Crippen molar-refractivity contribution >= 4 is 16.8 Å². The maximum atomic E-state index is 12.1. The van der Waals surface area contributed by atoms with E-state index in [0.29, 0.717) is 17.2 Å². The van der Waals surface area contributed by atoms with Gasteiger partial charge in [0.1, 0.15) is 0 Å². The predicted molar refractivity (Wildman–Crippen MR) is 104 cm³/mol. The Morgan fingerprint density at radius 2 is 2.08 bits per heavy atom. The Bertz CT molecular complexity index is 429. The Labute approximate surface area is 150 Å². The molecule has 24 heavy (non-hydrogen) atoms. The molecule has 2 fully saturated rings. The second kappa shape index (κ2) is 10.4. The van der Waals surface area contributed by atoms with E-state index in [-0.39, 0.29) is 0 Å². The van der Waals surface area contributed by atoms with Crippen molar-refractivity contribution in [1.82, 2.24) is 15.5 Å². The van der Waals surface area contributed by atoms with E-state index in [4.69, 9.17) is 4.99 Å². The van der Waals surface area contributed by atoms with Crippen LogP contribution in [0, 0.1) is 5.92 Å². The summed E-state index contributed by atoms with van der Waals surface area (Å²) in [7, 11) is -0.669. The van der Waals surface area contributed by atoms with Crippen molar-refractivity contribution in [3.05, 3.63) is 0 Å². The fraction of sp³-hybridized carbons (Fsp3) is 0.944. The molecule has 2 aliphatic rings. The zero-order valence-corrected chi connectivity index (χ0v) is 16.5. The van der Waals surface area contributed by atoms with Crippen LogP contribution in [0.5, 0.6) is 0 Å². The maximum absolute atomic E-state index is 12.1. The molecule has 0 bridgehead atoms. The maximum Gasteiger partial charge on any atom is 0.191 e. The average molecular weight is 357 g/mol. The van der Waals surface area contributed by atoms with E-state index in [1.165, 1.54) is 25.9 Å². The molecule has 1 aliphatic heterocycles. The summed E-state index contributed by atoms with van der Waals surface area (Å²) in [5.74, 6) is 2.41. The van der Waals surface area contributed by atoms with Crippen molar-refractivity contribution in [3.8, 4) is 0 Å². The third-order valence-electron chi connectivity index (χ3n) is 5.29. The first-order valence-electron chi connectivity index (χ1n) is 9.80. The fourth-order valence-electron chi connectivity index (χ4n) is 3.83. The molecule has 2 N–H and O–H groups in total. The lowest BCUT2D eigenvalue weighted by atomic mass is 9.95. The molecule has 0 spiro atoms. The predicted octanol–water partition coefficient (Wildman–Crippen LogP) is 1.96. The number of nitrogens with zero attached hydrogens (tertiary/aromatic N) is 2. The van der Waals surface area contributed by atoms with Crippen LogP contribution >= 0.6 is 0 Å². The molecule has 4 unspecified atom stereocenters. The Morgan fingerprint density at radius 3 is 2.75 bits per heavy atom. The second-order valence-corrected chi connectivity index (χ2v) is 9.07. The van der Waals surface area contributed by atoms with Crippen LogP contribution in [0.25, 0.3) is 0 Å². The van der Waals surface area contributed by atoms with E-state index in [9.17, 15) is 4.21 Å². The lowest BCUT2D eigenvalue weighted by Gasteiger charge is -2.30. The van der Waals surface area contributed by atoms with Crippen LogP contribution in [0.1, 0.15) is 52.9 Å². The summed E-state index contributed by atoms with van der Waals surface area (Å²) in [6.45, 7) is 11.7. The summed E-state index contributed by atoms with van der Waals surface area (Å²) in [6, 6.07) is 0.410.